The predicted octanol–water partition coefficient (Wildman–Crippen LogP) is 6.37. The number of carbonyl (C=O) groups is 2. The Morgan fingerprint density at radius 2 is 1.51 bits per heavy atom. The van der Waals surface area contributed by atoms with E-state index in [-0.39, 0.29) is 35.2 Å². The van der Waals surface area contributed by atoms with Gasteiger partial charge in [0.15, 0.2) is 11.5 Å². The van der Waals surface area contributed by atoms with Crippen LogP contribution in [0.25, 0.3) is 0 Å². The van der Waals surface area contributed by atoms with Gasteiger partial charge in [0.25, 0.3) is 10.0 Å². The summed E-state index contributed by atoms with van der Waals surface area (Å²) >= 11 is 12.7. The fourth-order valence-electron chi connectivity index (χ4n) is 4.97. The number of rotatable bonds is 15. The second-order valence-electron chi connectivity index (χ2n) is 10.6. The van der Waals surface area contributed by atoms with E-state index in [0.29, 0.717) is 34.3 Å². The van der Waals surface area contributed by atoms with Crippen LogP contribution in [0, 0.1) is 0 Å². The van der Waals surface area contributed by atoms with E-state index in [0.717, 1.165) is 9.87 Å². The molecule has 9 nitrogen and oxygen atoms in total. The Kier molecular flexibility index (Phi) is 12.5. The summed E-state index contributed by atoms with van der Waals surface area (Å²) in [4.78, 5) is 29.6. The third kappa shape index (κ3) is 8.97. The molecule has 0 aliphatic carbocycles. The van der Waals surface area contributed by atoms with Gasteiger partial charge in [0.2, 0.25) is 11.8 Å². The van der Waals surface area contributed by atoms with Gasteiger partial charge in [0.1, 0.15) is 12.6 Å². The van der Waals surface area contributed by atoms with Gasteiger partial charge in [-0.3, -0.25) is 13.9 Å². The largest absolute Gasteiger partial charge is 0.493 e. The second kappa shape index (κ2) is 16.5. The van der Waals surface area contributed by atoms with Crippen molar-refractivity contribution in [2.24, 2.45) is 0 Å². The van der Waals surface area contributed by atoms with Gasteiger partial charge in [-0.25, -0.2) is 8.42 Å². The van der Waals surface area contributed by atoms with Gasteiger partial charge >= 0.3 is 0 Å². The first kappa shape index (κ1) is 35.6. The van der Waals surface area contributed by atoms with Crippen molar-refractivity contribution in [2.75, 3.05) is 31.6 Å². The Morgan fingerprint density at radius 3 is 2.15 bits per heavy atom. The normalized spacial score (nSPS) is 11.8. The molecular formula is C35H37Cl2N3O6S. The highest BCUT2D eigenvalue weighted by atomic mass is 35.5. The first-order valence-corrected chi connectivity index (χ1v) is 17.1. The van der Waals surface area contributed by atoms with Crippen LogP contribution in [0.15, 0.2) is 102 Å². The van der Waals surface area contributed by atoms with Crippen molar-refractivity contribution >= 4 is 50.7 Å². The highest BCUT2D eigenvalue weighted by Crippen LogP contribution is 2.33. The Bertz CT molecular complexity index is 1770. The number of halogens is 2. The van der Waals surface area contributed by atoms with E-state index in [1.807, 2.05) is 37.3 Å². The van der Waals surface area contributed by atoms with E-state index in [9.17, 15) is 18.0 Å². The second-order valence-corrected chi connectivity index (χ2v) is 13.3. The number of amides is 2. The number of carbonyl (C=O) groups excluding carboxylic acids is 2. The Labute approximate surface area is 286 Å². The Hall–Kier alpha value is -4.25. The quantitative estimate of drug-likeness (QED) is 0.155. The number of hydrogen-bond acceptors (Lipinski definition) is 6. The zero-order valence-corrected chi connectivity index (χ0v) is 28.7. The third-order valence-corrected chi connectivity index (χ3v) is 9.85. The summed E-state index contributed by atoms with van der Waals surface area (Å²) in [5.74, 6) is -0.437. The lowest BCUT2D eigenvalue weighted by molar-refractivity contribution is -0.140. The van der Waals surface area contributed by atoms with E-state index < -0.39 is 28.5 Å². The zero-order chi connectivity index (χ0) is 34.0. The molecule has 1 atom stereocenters. The van der Waals surface area contributed by atoms with Crippen LogP contribution in [0.3, 0.4) is 0 Å². The number of methoxy groups -OCH3 is 2. The first-order chi connectivity index (χ1) is 22.6. The maximum Gasteiger partial charge on any atom is 0.264 e. The van der Waals surface area contributed by atoms with E-state index in [1.165, 1.54) is 61.6 Å². The Balaban J connectivity index is 1.82. The lowest BCUT2D eigenvalue weighted by atomic mass is 10.0. The molecule has 0 aliphatic rings. The van der Waals surface area contributed by atoms with Crippen molar-refractivity contribution in [1.82, 2.24) is 10.2 Å². The first-order valence-electron chi connectivity index (χ1n) is 14.9. The molecule has 12 heteroatoms. The summed E-state index contributed by atoms with van der Waals surface area (Å²) in [6, 6.07) is 25.7. The molecule has 4 aromatic carbocycles. The standard InChI is InChI=1S/C35H37Cl2N3O6S/c1-4-20-38-35(42)31(21-25-10-6-5-7-11-25)39(23-26-12-8-9-13-30(26)37)34(41)24-40(28-16-14-27(36)15-17-28)47(43,44)29-18-19-32(45-2)33(22-29)46-3/h5-19,22,31H,4,20-21,23-24H2,1-3H3,(H,38,42)/t31-/m1/s1. The number of nitrogens with one attached hydrogen (secondary N) is 1. The average Bonchev–Trinajstić information content (AvgIpc) is 3.08. The molecule has 0 radical (unpaired) electrons. The van der Waals surface area contributed by atoms with Crippen LogP contribution >= 0.6 is 23.2 Å². The number of sulfonamides is 1. The average molecular weight is 699 g/mol. The third-order valence-electron chi connectivity index (χ3n) is 7.46. The van der Waals surface area contributed by atoms with Gasteiger partial charge in [-0.15, -0.1) is 0 Å². The number of benzene rings is 4. The van der Waals surface area contributed by atoms with Gasteiger partial charge in [-0.1, -0.05) is 78.7 Å². The molecule has 0 heterocycles. The summed E-state index contributed by atoms with van der Waals surface area (Å²) in [6.45, 7) is 1.67. The molecule has 0 fully saturated rings. The molecule has 0 saturated carbocycles. The highest BCUT2D eigenvalue weighted by molar-refractivity contribution is 7.92. The molecule has 0 spiro atoms. The van der Waals surface area contributed by atoms with Crippen LogP contribution in [0.4, 0.5) is 5.69 Å². The molecule has 0 aromatic heterocycles. The van der Waals surface area contributed by atoms with Crippen LogP contribution in [-0.2, 0) is 32.6 Å². The van der Waals surface area contributed by atoms with Crippen LogP contribution in [0.5, 0.6) is 11.5 Å². The fourth-order valence-corrected chi connectivity index (χ4v) is 6.72. The molecule has 1 N–H and O–H groups in total. The lowest BCUT2D eigenvalue weighted by Crippen LogP contribution is -2.53. The van der Waals surface area contributed by atoms with Crippen molar-refractivity contribution < 1.29 is 27.5 Å². The number of hydrogen-bond donors (Lipinski definition) is 1. The molecule has 0 unspecified atom stereocenters. The van der Waals surface area contributed by atoms with E-state index in [2.05, 4.69) is 5.32 Å². The molecule has 0 saturated heterocycles. The maximum absolute atomic E-state index is 14.5. The van der Waals surface area contributed by atoms with Gasteiger partial charge in [0.05, 0.1) is 24.8 Å². The molecule has 4 rings (SSSR count). The van der Waals surface area contributed by atoms with Crippen molar-refractivity contribution in [3.8, 4) is 11.5 Å². The monoisotopic (exact) mass is 697 g/mol. The summed E-state index contributed by atoms with van der Waals surface area (Å²) in [7, 11) is -1.53. The van der Waals surface area contributed by atoms with Crippen molar-refractivity contribution in [3.63, 3.8) is 0 Å². The number of anilines is 1. The maximum atomic E-state index is 14.5. The number of ether oxygens (including phenoxy) is 2. The van der Waals surface area contributed by atoms with E-state index in [4.69, 9.17) is 32.7 Å². The fraction of sp³-hybridized carbons (Fsp3) is 0.257. The topological polar surface area (TPSA) is 105 Å². The summed E-state index contributed by atoms with van der Waals surface area (Å²) in [5, 5.41) is 3.72. The molecule has 4 aromatic rings. The molecule has 0 bridgehead atoms. The minimum atomic E-state index is -4.37. The smallest absolute Gasteiger partial charge is 0.264 e. The number of nitrogens with zero attached hydrogens (tertiary/aromatic N) is 2. The highest BCUT2D eigenvalue weighted by Gasteiger charge is 2.35. The minimum Gasteiger partial charge on any atom is -0.493 e. The molecule has 47 heavy (non-hydrogen) atoms. The summed E-state index contributed by atoms with van der Waals surface area (Å²) in [6.07, 6.45) is 0.881. The summed E-state index contributed by atoms with van der Waals surface area (Å²) < 4.78 is 40.3. The van der Waals surface area contributed by atoms with Crippen molar-refractivity contribution in [1.29, 1.82) is 0 Å². The van der Waals surface area contributed by atoms with Gasteiger partial charge < -0.3 is 19.7 Å². The predicted molar refractivity (Wildman–Crippen MR) is 185 cm³/mol. The molecule has 248 valence electrons. The SMILES string of the molecule is CCCNC(=O)[C@@H](Cc1ccccc1)N(Cc1ccccc1Cl)C(=O)CN(c1ccc(Cl)cc1)S(=O)(=O)c1ccc(OC)c(OC)c1. The van der Waals surface area contributed by atoms with Crippen LogP contribution in [0.1, 0.15) is 24.5 Å². The van der Waals surface area contributed by atoms with Gasteiger partial charge in [-0.2, -0.15) is 0 Å². The van der Waals surface area contributed by atoms with Gasteiger partial charge in [0, 0.05) is 35.6 Å². The Morgan fingerprint density at radius 1 is 0.851 bits per heavy atom. The lowest BCUT2D eigenvalue weighted by Gasteiger charge is -2.34. The van der Waals surface area contributed by atoms with E-state index in [1.54, 1.807) is 24.3 Å². The van der Waals surface area contributed by atoms with Gasteiger partial charge in [-0.05, 0) is 60.0 Å². The van der Waals surface area contributed by atoms with Crippen molar-refractivity contribution in [3.05, 3.63) is 118 Å². The van der Waals surface area contributed by atoms with Crippen LogP contribution < -0.4 is 19.1 Å². The van der Waals surface area contributed by atoms with Crippen LogP contribution in [0.2, 0.25) is 10.0 Å². The zero-order valence-electron chi connectivity index (χ0n) is 26.4. The van der Waals surface area contributed by atoms with Crippen molar-refractivity contribution in [2.45, 2.75) is 37.2 Å². The molecular weight excluding hydrogens is 661 g/mol. The summed E-state index contributed by atoms with van der Waals surface area (Å²) in [5.41, 5.74) is 1.63. The minimum absolute atomic E-state index is 0.0413. The van der Waals surface area contributed by atoms with Crippen LogP contribution in [-0.4, -0.2) is 58.5 Å². The molecule has 2 amide bonds. The van der Waals surface area contributed by atoms with E-state index >= 15 is 0 Å². The molecule has 0 aliphatic heterocycles.